The Morgan fingerprint density at radius 1 is 1.50 bits per heavy atom. The van der Waals surface area contributed by atoms with Crippen LogP contribution in [0.5, 0.6) is 0 Å². The predicted molar refractivity (Wildman–Crippen MR) is 74.7 cm³/mol. The Morgan fingerprint density at radius 3 is 3.25 bits per heavy atom. The second kappa shape index (κ2) is 5.69. The van der Waals surface area contributed by atoms with Crippen molar-refractivity contribution in [3.05, 3.63) is 27.6 Å². The Kier molecular flexibility index (Phi) is 3.76. The molecule has 8 nitrogen and oxygen atoms in total. The number of hydrogen-bond acceptors (Lipinski definition) is 8. The number of nitrogens with zero attached hydrogens (tertiary/aromatic N) is 5. The molecule has 3 rings (SSSR count). The smallest absolute Gasteiger partial charge is 0.268 e. The standard InChI is InChI=1S/C10H10N6O2S2/c17-3-2-16-10(13-14-15-16)20-5-7-11-6-1-4-19-8(6)9(18)12-7/h1,4,17H,2-3,5H2,(H,11,12,18). The van der Waals surface area contributed by atoms with E-state index in [4.69, 9.17) is 5.11 Å². The van der Waals surface area contributed by atoms with Gasteiger partial charge in [0, 0.05) is 0 Å². The van der Waals surface area contributed by atoms with E-state index in [0.717, 1.165) is 0 Å². The van der Waals surface area contributed by atoms with E-state index in [1.807, 2.05) is 11.4 Å². The molecule has 0 aliphatic rings. The zero-order valence-electron chi connectivity index (χ0n) is 10.2. The van der Waals surface area contributed by atoms with Crippen LogP contribution in [0.25, 0.3) is 10.2 Å². The summed E-state index contributed by atoms with van der Waals surface area (Å²) in [5, 5.41) is 22.5. The van der Waals surface area contributed by atoms with Gasteiger partial charge in [0.15, 0.2) is 0 Å². The van der Waals surface area contributed by atoms with Crippen LogP contribution in [0, 0.1) is 0 Å². The molecule has 0 atom stereocenters. The van der Waals surface area contributed by atoms with E-state index in [2.05, 4.69) is 25.5 Å². The lowest BCUT2D eigenvalue weighted by atomic mass is 10.4. The van der Waals surface area contributed by atoms with Crippen molar-refractivity contribution in [1.82, 2.24) is 30.2 Å². The third-order valence-corrected chi connectivity index (χ3v) is 4.38. The normalized spacial score (nSPS) is 11.2. The van der Waals surface area contributed by atoms with Gasteiger partial charge in [-0.3, -0.25) is 4.79 Å². The lowest BCUT2D eigenvalue weighted by Crippen LogP contribution is -2.10. The summed E-state index contributed by atoms with van der Waals surface area (Å²) >= 11 is 2.72. The van der Waals surface area contributed by atoms with Gasteiger partial charge in [0.1, 0.15) is 10.5 Å². The van der Waals surface area contributed by atoms with Crippen LogP contribution in [0.15, 0.2) is 21.4 Å². The molecule has 0 unspecified atom stereocenters. The fourth-order valence-electron chi connectivity index (χ4n) is 1.66. The van der Waals surface area contributed by atoms with Crippen LogP contribution in [-0.4, -0.2) is 41.9 Å². The second-order valence-corrected chi connectivity index (χ2v) is 5.70. The molecular formula is C10H10N6O2S2. The average Bonchev–Trinajstić information content (AvgIpc) is 3.06. The number of aliphatic hydroxyl groups excluding tert-OH is 1. The minimum atomic E-state index is -0.129. The van der Waals surface area contributed by atoms with Crippen LogP contribution in [0.2, 0.25) is 0 Å². The zero-order chi connectivity index (χ0) is 13.9. The highest BCUT2D eigenvalue weighted by Gasteiger charge is 2.09. The molecule has 0 aliphatic heterocycles. The van der Waals surface area contributed by atoms with E-state index < -0.39 is 0 Å². The number of aromatic amines is 1. The molecule has 0 spiro atoms. The molecule has 0 amide bonds. The van der Waals surface area contributed by atoms with E-state index in [9.17, 15) is 4.79 Å². The highest BCUT2D eigenvalue weighted by molar-refractivity contribution is 7.98. The molecule has 20 heavy (non-hydrogen) atoms. The minimum absolute atomic E-state index is 0.0332. The van der Waals surface area contributed by atoms with Crippen molar-refractivity contribution < 1.29 is 5.11 Å². The summed E-state index contributed by atoms with van der Waals surface area (Å²) in [5.41, 5.74) is 0.569. The van der Waals surface area contributed by atoms with Gasteiger partial charge in [0.2, 0.25) is 5.16 Å². The summed E-state index contributed by atoms with van der Waals surface area (Å²) in [4.78, 5) is 18.9. The fourth-order valence-corrected chi connectivity index (χ4v) is 3.16. The third-order valence-electron chi connectivity index (χ3n) is 2.51. The molecule has 3 heterocycles. The van der Waals surface area contributed by atoms with Gasteiger partial charge in [-0.25, -0.2) is 9.67 Å². The Hall–Kier alpha value is -1.78. The molecule has 0 fully saturated rings. The number of thiophene rings is 1. The molecule has 0 radical (unpaired) electrons. The van der Waals surface area contributed by atoms with E-state index >= 15 is 0 Å². The van der Waals surface area contributed by atoms with Gasteiger partial charge in [-0.15, -0.1) is 16.4 Å². The summed E-state index contributed by atoms with van der Waals surface area (Å²) in [6.07, 6.45) is 0. The molecular weight excluding hydrogens is 300 g/mol. The van der Waals surface area contributed by atoms with Crippen LogP contribution < -0.4 is 5.56 Å². The van der Waals surface area contributed by atoms with Crippen molar-refractivity contribution in [2.75, 3.05) is 6.61 Å². The van der Waals surface area contributed by atoms with Crippen molar-refractivity contribution in [2.45, 2.75) is 17.5 Å². The van der Waals surface area contributed by atoms with E-state index in [1.165, 1.54) is 27.8 Å². The van der Waals surface area contributed by atoms with Gasteiger partial charge in [-0.2, -0.15) is 0 Å². The van der Waals surface area contributed by atoms with Crippen molar-refractivity contribution in [1.29, 1.82) is 0 Å². The number of rotatable bonds is 5. The largest absolute Gasteiger partial charge is 0.394 e. The summed E-state index contributed by atoms with van der Waals surface area (Å²) in [5.74, 6) is 1.02. The number of thioether (sulfide) groups is 1. The first kappa shape index (κ1) is 13.2. The topological polar surface area (TPSA) is 110 Å². The van der Waals surface area contributed by atoms with Gasteiger partial charge >= 0.3 is 0 Å². The first-order valence-electron chi connectivity index (χ1n) is 5.74. The first-order valence-corrected chi connectivity index (χ1v) is 7.60. The summed E-state index contributed by atoms with van der Waals surface area (Å²) in [7, 11) is 0. The SMILES string of the molecule is O=c1[nH]c(CSc2nnnn2CCO)nc2ccsc12. The molecule has 104 valence electrons. The van der Waals surface area contributed by atoms with Crippen LogP contribution in [0.1, 0.15) is 5.82 Å². The van der Waals surface area contributed by atoms with Gasteiger partial charge in [0.05, 0.1) is 24.4 Å². The molecule has 0 aliphatic carbocycles. The number of aromatic nitrogens is 6. The third kappa shape index (κ3) is 2.57. The number of fused-ring (bicyclic) bond motifs is 1. The second-order valence-electron chi connectivity index (χ2n) is 3.84. The highest BCUT2D eigenvalue weighted by Crippen LogP contribution is 2.19. The Labute approximate surface area is 120 Å². The zero-order valence-corrected chi connectivity index (χ0v) is 11.8. The molecule has 10 heteroatoms. The van der Waals surface area contributed by atoms with E-state index in [0.29, 0.717) is 33.5 Å². The van der Waals surface area contributed by atoms with Crippen molar-refractivity contribution >= 4 is 33.3 Å². The summed E-state index contributed by atoms with van der Waals surface area (Å²) in [6, 6.07) is 1.82. The Morgan fingerprint density at radius 2 is 2.40 bits per heavy atom. The maximum absolute atomic E-state index is 11.8. The van der Waals surface area contributed by atoms with Crippen LogP contribution in [-0.2, 0) is 12.3 Å². The number of nitrogens with one attached hydrogen (secondary N) is 1. The van der Waals surface area contributed by atoms with Gasteiger partial charge < -0.3 is 10.1 Å². The van der Waals surface area contributed by atoms with E-state index in [1.54, 1.807) is 0 Å². The summed E-state index contributed by atoms with van der Waals surface area (Å²) < 4.78 is 2.13. The Balaban J connectivity index is 1.79. The average molecular weight is 310 g/mol. The number of H-pyrrole nitrogens is 1. The number of aliphatic hydroxyl groups is 1. The van der Waals surface area contributed by atoms with Crippen molar-refractivity contribution in [3.8, 4) is 0 Å². The minimum Gasteiger partial charge on any atom is -0.394 e. The predicted octanol–water partition coefficient (Wildman–Crippen LogP) is 0.256. The number of tetrazole rings is 1. The van der Waals surface area contributed by atoms with Crippen molar-refractivity contribution in [2.24, 2.45) is 0 Å². The lowest BCUT2D eigenvalue weighted by molar-refractivity contribution is 0.262. The molecule has 0 aromatic carbocycles. The Bertz CT molecular complexity index is 779. The van der Waals surface area contributed by atoms with E-state index in [-0.39, 0.29) is 12.2 Å². The van der Waals surface area contributed by atoms with Crippen LogP contribution in [0.3, 0.4) is 0 Å². The molecule has 3 aromatic rings. The monoisotopic (exact) mass is 310 g/mol. The number of hydrogen-bond donors (Lipinski definition) is 2. The quantitative estimate of drug-likeness (QED) is 0.650. The summed E-state index contributed by atoms with van der Waals surface area (Å²) in [6.45, 7) is 0.303. The van der Waals surface area contributed by atoms with Gasteiger partial charge in [0.25, 0.3) is 5.56 Å². The molecule has 2 N–H and O–H groups in total. The molecule has 0 saturated carbocycles. The highest BCUT2D eigenvalue weighted by atomic mass is 32.2. The van der Waals surface area contributed by atoms with Crippen molar-refractivity contribution in [3.63, 3.8) is 0 Å². The van der Waals surface area contributed by atoms with Crippen LogP contribution in [0.4, 0.5) is 0 Å². The maximum Gasteiger partial charge on any atom is 0.268 e. The fraction of sp³-hybridized carbons (Fsp3) is 0.300. The first-order chi connectivity index (χ1) is 9.78. The van der Waals surface area contributed by atoms with Crippen LogP contribution >= 0.6 is 23.1 Å². The molecule has 0 saturated heterocycles. The molecule has 0 bridgehead atoms. The molecule has 3 aromatic heterocycles. The maximum atomic E-state index is 11.8. The van der Waals surface area contributed by atoms with Gasteiger partial charge in [-0.1, -0.05) is 11.8 Å². The van der Waals surface area contributed by atoms with Gasteiger partial charge in [-0.05, 0) is 21.9 Å². The lowest BCUT2D eigenvalue weighted by Gasteiger charge is -2.02.